The first kappa shape index (κ1) is 16.2. The van der Waals surface area contributed by atoms with Gasteiger partial charge in [-0.2, -0.15) is 0 Å². The lowest BCUT2D eigenvalue weighted by Crippen LogP contribution is -2.31. The smallest absolute Gasteiger partial charge is 0.0851 e. The van der Waals surface area contributed by atoms with E-state index in [1.54, 1.807) is 0 Å². The predicted molar refractivity (Wildman–Crippen MR) is 86.9 cm³/mol. The van der Waals surface area contributed by atoms with Crippen molar-refractivity contribution in [2.75, 3.05) is 0 Å². The van der Waals surface area contributed by atoms with Gasteiger partial charge in [-0.15, -0.1) is 6.58 Å². The van der Waals surface area contributed by atoms with Gasteiger partial charge >= 0.3 is 0 Å². The zero-order valence-corrected chi connectivity index (χ0v) is 13.8. The van der Waals surface area contributed by atoms with Crippen molar-refractivity contribution in [2.45, 2.75) is 51.9 Å². The van der Waals surface area contributed by atoms with Crippen LogP contribution in [-0.2, 0) is 0 Å². The molecule has 0 aliphatic carbocycles. The molecule has 0 saturated heterocycles. The highest BCUT2D eigenvalue weighted by molar-refractivity contribution is 6.83. The summed E-state index contributed by atoms with van der Waals surface area (Å²) in [6.07, 6.45) is 2.94. The SMILES string of the molecule is C=C([C@H](CCCC)[C@H](O)c1ccccc1)[Si](C)(C)C. The number of rotatable bonds is 7. The standard InChI is InChI=1S/C17H28OSi/c1-6-7-13-16(14(2)19(3,4)5)17(18)15-11-9-8-10-12-15/h8-12,16-18H,2,6-7,13H2,1,3-5H3/t16-,17+/m0/s1. The molecule has 1 aromatic rings. The van der Waals surface area contributed by atoms with Crippen molar-refractivity contribution in [1.82, 2.24) is 0 Å². The van der Waals surface area contributed by atoms with Crippen molar-refractivity contribution in [3.8, 4) is 0 Å². The summed E-state index contributed by atoms with van der Waals surface area (Å²) in [6.45, 7) is 13.5. The summed E-state index contributed by atoms with van der Waals surface area (Å²) >= 11 is 0. The minimum Gasteiger partial charge on any atom is -0.388 e. The van der Waals surface area contributed by atoms with Crippen molar-refractivity contribution in [2.24, 2.45) is 5.92 Å². The Labute approximate surface area is 119 Å². The van der Waals surface area contributed by atoms with E-state index >= 15 is 0 Å². The summed E-state index contributed by atoms with van der Waals surface area (Å²) in [5.41, 5.74) is 1.02. The summed E-state index contributed by atoms with van der Waals surface area (Å²) in [7, 11) is -1.42. The van der Waals surface area contributed by atoms with Gasteiger partial charge in [0, 0.05) is 5.92 Å². The minimum atomic E-state index is -1.42. The van der Waals surface area contributed by atoms with Crippen LogP contribution in [0.2, 0.25) is 19.6 Å². The molecule has 2 atom stereocenters. The van der Waals surface area contributed by atoms with E-state index in [-0.39, 0.29) is 5.92 Å². The molecule has 0 radical (unpaired) electrons. The minimum absolute atomic E-state index is 0.203. The molecule has 1 nitrogen and oxygen atoms in total. The van der Waals surface area contributed by atoms with Crippen molar-refractivity contribution in [1.29, 1.82) is 0 Å². The van der Waals surface area contributed by atoms with Crippen molar-refractivity contribution < 1.29 is 5.11 Å². The summed E-state index contributed by atoms with van der Waals surface area (Å²) < 4.78 is 0. The third-order valence-corrected chi connectivity index (χ3v) is 6.10. The molecule has 1 rings (SSSR count). The molecule has 0 spiro atoms. The first-order valence-corrected chi connectivity index (χ1v) is 10.8. The Bertz CT molecular complexity index is 391. The van der Waals surface area contributed by atoms with E-state index in [1.807, 2.05) is 30.3 Å². The molecular formula is C17H28OSi. The van der Waals surface area contributed by atoms with Crippen LogP contribution in [-0.4, -0.2) is 13.2 Å². The first-order valence-electron chi connectivity index (χ1n) is 7.30. The van der Waals surface area contributed by atoms with Crippen LogP contribution in [0.1, 0.15) is 37.9 Å². The Balaban J connectivity index is 2.94. The van der Waals surface area contributed by atoms with Gasteiger partial charge in [-0.1, -0.05) is 74.9 Å². The number of aliphatic hydroxyl groups is 1. The molecule has 19 heavy (non-hydrogen) atoms. The quantitative estimate of drug-likeness (QED) is 0.698. The second kappa shape index (κ2) is 7.06. The Kier molecular flexibility index (Phi) is 6.02. The molecule has 0 aromatic heterocycles. The van der Waals surface area contributed by atoms with Gasteiger partial charge < -0.3 is 5.11 Å². The van der Waals surface area contributed by atoms with E-state index in [0.29, 0.717) is 0 Å². The molecule has 0 unspecified atom stereocenters. The van der Waals surface area contributed by atoms with Gasteiger partial charge in [0.15, 0.2) is 0 Å². The third kappa shape index (κ3) is 4.63. The van der Waals surface area contributed by atoms with E-state index < -0.39 is 14.2 Å². The molecule has 0 saturated carbocycles. The predicted octanol–water partition coefficient (Wildman–Crippen LogP) is 4.96. The largest absolute Gasteiger partial charge is 0.388 e. The summed E-state index contributed by atoms with van der Waals surface area (Å²) in [4.78, 5) is 0. The molecule has 1 N–H and O–H groups in total. The number of benzene rings is 1. The van der Waals surface area contributed by atoms with Gasteiger partial charge in [0.2, 0.25) is 0 Å². The number of hydrogen-bond donors (Lipinski definition) is 1. The van der Waals surface area contributed by atoms with Gasteiger partial charge in [0.05, 0.1) is 14.2 Å². The fraction of sp³-hybridized carbons (Fsp3) is 0.529. The van der Waals surface area contributed by atoms with Crippen LogP contribution in [0, 0.1) is 5.92 Å². The molecule has 0 fully saturated rings. The van der Waals surface area contributed by atoms with Crippen molar-refractivity contribution >= 4 is 8.07 Å². The Morgan fingerprint density at radius 2 is 1.79 bits per heavy atom. The molecule has 2 heteroatoms. The van der Waals surface area contributed by atoms with Crippen LogP contribution in [0.15, 0.2) is 42.1 Å². The normalized spacial score (nSPS) is 15.0. The lowest BCUT2D eigenvalue weighted by atomic mass is 9.91. The topological polar surface area (TPSA) is 20.2 Å². The van der Waals surface area contributed by atoms with Crippen molar-refractivity contribution in [3.63, 3.8) is 0 Å². The maximum absolute atomic E-state index is 10.7. The highest BCUT2D eigenvalue weighted by Gasteiger charge is 2.30. The van der Waals surface area contributed by atoms with Crippen LogP contribution in [0.3, 0.4) is 0 Å². The number of aliphatic hydroxyl groups excluding tert-OH is 1. The maximum Gasteiger partial charge on any atom is 0.0851 e. The third-order valence-electron chi connectivity index (χ3n) is 3.80. The molecule has 0 aliphatic rings. The van der Waals surface area contributed by atoms with Crippen molar-refractivity contribution in [3.05, 3.63) is 47.7 Å². The second-order valence-electron chi connectivity index (χ2n) is 6.38. The first-order chi connectivity index (χ1) is 8.88. The maximum atomic E-state index is 10.7. The van der Waals surface area contributed by atoms with E-state index in [0.717, 1.165) is 24.8 Å². The zero-order chi connectivity index (χ0) is 14.5. The average molecular weight is 276 g/mol. The van der Waals surface area contributed by atoms with Crippen LogP contribution in [0.5, 0.6) is 0 Å². The molecule has 0 aliphatic heterocycles. The van der Waals surface area contributed by atoms with Gasteiger partial charge in [-0.05, 0) is 12.0 Å². The van der Waals surface area contributed by atoms with E-state index in [9.17, 15) is 5.11 Å². The molecule has 0 bridgehead atoms. The van der Waals surface area contributed by atoms with Gasteiger partial charge in [0.1, 0.15) is 0 Å². The fourth-order valence-electron chi connectivity index (χ4n) is 2.39. The van der Waals surface area contributed by atoms with Gasteiger partial charge in [0.25, 0.3) is 0 Å². The molecule has 106 valence electrons. The lowest BCUT2D eigenvalue weighted by Gasteiger charge is -2.32. The van der Waals surface area contributed by atoms with Crippen LogP contribution in [0.25, 0.3) is 0 Å². The van der Waals surface area contributed by atoms with Crippen LogP contribution in [0.4, 0.5) is 0 Å². The molecule has 0 heterocycles. The summed E-state index contributed by atoms with van der Waals surface area (Å²) in [5.74, 6) is 0.203. The number of hydrogen-bond acceptors (Lipinski definition) is 1. The fourth-order valence-corrected chi connectivity index (χ4v) is 3.80. The van der Waals surface area contributed by atoms with Gasteiger partial charge in [-0.3, -0.25) is 0 Å². The Hall–Kier alpha value is -0.863. The monoisotopic (exact) mass is 276 g/mol. The summed E-state index contributed by atoms with van der Waals surface area (Å²) in [6, 6.07) is 10.0. The highest BCUT2D eigenvalue weighted by atomic mass is 28.3. The second-order valence-corrected chi connectivity index (χ2v) is 11.5. The molecule has 1 aromatic carbocycles. The van der Waals surface area contributed by atoms with E-state index in [1.165, 1.54) is 5.20 Å². The van der Waals surface area contributed by atoms with Gasteiger partial charge in [-0.25, -0.2) is 0 Å². The van der Waals surface area contributed by atoms with E-state index in [4.69, 9.17) is 0 Å². The average Bonchev–Trinajstić information content (AvgIpc) is 2.38. The lowest BCUT2D eigenvalue weighted by molar-refractivity contribution is 0.123. The zero-order valence-electron chi connectivity index (χ0n) is 12.8. The van der Waals surface area contributed by atoms with E-state index in [2.05, 4.69) is 33.1 Å². The Morgan fingerprint density at radius 1 is 1.21 bits per heavy atom. The number of unbranched alkanes of at least 4 members (excludes halogenated alkanes) is 1. The van der Waals surface area contributed by atoms with Crippen LogP contribution < -0.4 is 0 Å². The Morgan fingerprint density at radius 3 is 2.26 bits per heavy atom. The molecule has 0 amide bonds. The van der Waals surface area contributed by atoms with Crippen LogP contribution >= 0.6 is 0 Å². The summed E-state index contributed by atoms with van der Waals surface area (Å²) in [5, 5.41) is 12.0. The highest BCUT2D eigenvalue weighted by Crippen LogP contribution is 2.35. The molecular weight excluding hydrogens is 248 g/mol.